The van der Waals surface area contributed by atoms with Crippen LogP contribution in [0.1, 0.15) is 25.6 Å². The average molecular weight is 308 g/mol. The summed E-state index contributed by atoms with van der Waals surface area (Å²) >= 11 is 6.09. The highest BCUT2D eigenvalue weighted by Crippen LogP contribution is 2.28. The minimum absolute atomic E-state index is 0.424. The average Bonchev–Trinajstić information content (AvgIpc) is 3.27. The predicted molar refractivity (Wildman–Crippen MR) is 86.1 cm³/mol. The Balaban J connectivity index is 1.89. The van der Waals surface area contributed by atoms with Crippen molar-refractivity contribution in [2.45, 2.75) is 38.2 Å². The van der Waals surface area contributed by atoms with E-state index < -0.39 is 0 Å². The number of alkyl halides is 1. The summed E-state index contributed by atoms with van der Waals surface area (Å²) in [6, 6.07) is 6.86. The molecular formula is C16H22ClN3O. The summed E-state index contributed by atoms with van der Waals surface area (Å²) in [5, 5.41) is 0. The lowest BCUT2D eigenvalue weighted by molar-refractivity contribution is 0.309. The lowest BCUT2D eigenvalue weighted by Crippen LogP contribution is -2.25. The molecule has 1 aromatic carbocycles. The number of likely N-dealkylation sites (N-methyl/N-ethyl adjacent to an activating group) is 1. The van der Waals surface area contributed by atoms with Crippen molar-refractivity contribution >= 4 is 22.6 Å². The second-order valence-corrected chi connectivity index (χ2v) is 5.85. The summed E-state index contributed by atoms with van der Waals surface area (Å²) in [7, 11) is 2.20. The Kier molecular flexibility index (Phi) is 4.36. The van der Waals surface area contributed by atoms with Crippen LogP contribution in [-0.2, 0) is 12.4 Å². The number of para-hydroxylation sites is 1. The molecule has 2 aromatic rings. The minimum Gasteiger partial charge on any atom is -0.492 e. The molecule has 5 heteroatoms. The maximum atomic E-state index is 6.09. The highest BCUT2D eigenvalue weighted by atomic mass is 35.5. The molecule has 1 saturated carbocycles. The zero-order valence-corrected chi connectivity index (χ0v) is 13.4. The maximum absolute atomic E-state index is 6.09. The number of aromatic nitrogens is 2. The smallest absolute Gasteiger partial charge is 0.147 e. The van der Waals surface area contributed by atoms with E-state index >= 15 is 0 Å². The number of imidazole rings is 1. The van der Waals surface area contributed by atoms with Crippen LogP contribution in [0.2, 0.25) is 0 Å². The fraction of sp³-hybridized carbons (Fsp3) is 0.562. The first-order valence-electron chi connectivity index (χ1n) is 7.61. The summed E-state index contributed by atoms with van der Waals surface area (Å²) in [5.41, 5.74) is 2.03. The van der Waals surface area contributed by atoms with E-state index in [0.717, 1.165) is 41.7 Å². The summed E-state index contributed by atoms with van der Waals surface area (Å²) in [6.45, 7) is 4.58. The third-order valence-corrected chi connectivity index (χ3v) is 4.33. The topological polar surface area (TPSA) is 30.3 Å². The first-order valence-corrected chi connectivity index (χ1v) is 8.15. The Morgan fingerprint density at radius 3 is 2.90 bits per heavy atom. The number of rotatable bonds is 7. The van der Waals surface area contributed by atoms with Crippen molar-refractivity contribution in [3.63, 3.8) is 0 Å². The molecule has 3 rings (SSSR count). The van der Waals surface area contributed by atoms with Crippen LogP contribution >= 0.6 is 11.6 Å². The van der Waals surface area contributed by atoms with Gasteiger partial charge in [-0.3, -0.25) is 0 Å². The van der Waals surface area contributed by atoms with Crippen molar-refractivity contribution < 1.29 is 4.74 Å². The molecule has 1 heterocycles. The molecule has 4 nitrogen and oxygen atoms in total. The predicted octanol–water partition coefficient (Wildman–Crippen LogP) is 3.27. The van der Waals surface area contributed by atoms with Gasteiger partial charge in [-0.05, 0) is 38.9 Å². The van der Waals surface area contributed by atoms with E-state index in [9.17, 15) is 0 Å². The molecule has 0 N–H and O–H groups in total. The van der Waals surface area contributed by atoms with E-state index in [1.807, 2.05) is 19.1 Å². The second kappa shape index (κ2) is 6.24. The van der Waals surface area contributed by atoms with E-state index in [0.29, 0.717) is 12.5 Å². The Morgan fingerprint density at radius 2 is 2.24 bits per heavy atom. The van der Waals surface area contributed by atoms with Crippen molar-refractivity contribution in [3.8, 4) is 5.75 Å². The summed E-state index contributed by atoms with van der Waals surface area (Å²) < 4.78 is 7.90. The number of benzene rings is 1. The van der Waals surface area contributed by atoms with Gasteiger partial charge in [0, 0.05) is 19.1 Å². The summed E-state index contributed by atoms with van der Waals surface area (Å²) in [4.78, 5) is 7.10. The molecule has 21 heavy (non-hydrogen) atoms. The van der Waals surface area contributed by atoms with Gasteiger partial charge in [-0.25, -0.2) is 4.98 Å². The highest BCUT2D eigenvalue weighted by Gasteiger charge is 2.26. The third-order valence-electron chi connectivity index (χ3n) is 4.09. The molecule has 1 aliphatic rings. The molecule has 0 aliphatic heterocycles. The molecule has 0 unspecified atom stereocenters. The van der Waals surface area contributed by atoms with Crippen LogP contribution in [0.15, 0.2) is 18.2 Å². The van der Waals surface area contributed by atoms with E-state index in [1.165, 1.54) is 12.8 Å². The third kappa shape index (κ3) is 3.01. The van der Waals surface area contributed by atoms with Crippen LogP contribution in [-0.4, -0.2) is 40.7 Å². The van der Waals surface area contributed by atoms with Gasteiger partial charge in [-0.2, -0.15) is 0 Å². The largest absolute Gasteiger partial charge is 0.492 e. The van der Waals surface area contributed by atoms with E-state index in [-0.39, 0.29) is 0 Å². The number of hydrogen-bond donors (Lipinski definition) is 0. The van der Waals surface area contributed by atoms with Crippen molar-refractivity contribution in [2.75, 3.05) is 20.2 Å². The summed E-state index contributed by atoms with van der Waals surface area (Å²) in [6.07, 6.45) is 2.66. The first-order chi connectivity index (χ1) is 10.2. The van der Waals surface area contributed by atoms with E-state index in [4.69, 9.17) is 16.3 Å². The number of fused-ring (bicyclic) bond motifs is 1. The van der Waals surface area contributed by atoms with Gasteiger partial charge < -0.3 is 14.2 Å². The van der Waals surface area contributed by atoms with Crippen molar-refractivity contribution in [2.24, 2.45) is 0 Å². The Hall–Kier alpha value is -1.26. The van der Waals surface area contributed by atoms with Crippen molar-refractivity contribution in [1.29, 1.82) is 0 Å². The molecule has 114 valence electrons. The van der Waals surface area contributed by atoms with Gasteiger partial charge in [-0.1, -0.05) is 6.07 Å². The molecule has 0 atom stereocenters. The molecule has 1 aliphatic carbocycles. The Morgan fingerprint density at radius 1 is 1.43 bits per heavy atom. The van der Waals surface area contributed by atoms with Gasteiger partial charge >= 0.3 is 0 Å². The number of hydrogen-bond acceptors (Lipinski definition) is 3. The SMILES string of the molecule is CCOc1cccc2c1nc(CCl)n2CCN(C)C1CC1. The standard InChI is InChI=1S/C16H22ClN3O/c1-3-21-14-6-4-5-13-16(14)18-15(11-17)20(13)10-9-19(2)12-7-8-12/h4-6,12H,3,7-11H2,1-2H3. The molecule has 1 fully saturated rings. The van der Waals surface area contributed by atoms with Crippen molar-refractivity contribution in [1.82, 2.24) is 14.5 Å². The second-order valence-electron chi connectivity index (χ2n) is 5.58. The zero-order chi connectivity index (χ0) is 14.8. The Labute approximate surface area is 130 Å². The highest BCUT2D eigenvalue weighted by molar-refractivity contribution is 6.16. The lowest BCUT2D eigenvalue weighted by atomic mass is 10.3. The quantitative estimate of drug-likeness (QED) is 0.736. The fourth-order valence-corrected chi connectivity index (χ4v) is 2.95. The normalized spacial score (nSPS) is 15.0. The molecule has 0 amide bonds. The molecule has 0 radical (unpaired) electrons. The lowest BCUT2D eigenvalue weighted by Gasteiger charge is -2.17. The molecule has 1 aromatic heterocycles. The summed E-state index contributed by atoms with van der Waals surface area (Å²) in [5.74, 6) is 2.19. The van der Waals surface area contributed by atoms with Gasteiger partial charge in [0.2, 0.25) is 0 Å². The first kappa shape index (κ1) is 14.7. The van der Waals surface area contributed by atoms with Gasteiger partial charge in [0.1, 0.15) is 17.1 Å². The number of halogens is 1. The van der Waals surface area contributed by atoms with Crippen molar-refractivity contribution in [3.05, 3.63) is 24.0 Å². The zero-order valence-electron chi connectivity index (χ0n) is 12.7. The van der Waals surface area contributed by atoms with Gasteiger partial charge in [0.25, 0.3) is 0 Å². The van der Waals surface area contributed by atoms with Crippen LogP contribution in [0.3, 0.4) is 0 Å². The van der Waals surface area contributed by atoms with Crippen LogP contribution in [0.4, 0.5) is 0 Å². The van der Waals surface area contributed by atoms with Crippen LogP contribution in [0, 0.1) is 0 Å². The molecule has 0 spiro atoms. The molecule has 0 bridgehead atoms. The Bertz CT molecular complexity index is 621. The fourth-order valence-electron chi connectivity index (χ4n) is 2.75. The van der Waals surface area contributed by atoms with Gasteiger partial charge in [0.05, 0.1) is 18.0 Å². The monoisotopic (exact) mass is 307 g/mol. The number of nitrogens with zero attached hydrogens (tertiary/aromatic N) is 3. The van der Waals surface area contributed by atoms with E-state index in [2.05, 4.69) is 27.6 Å². The van der Waals surface area contributed by atoms with E-state index in [1.54, 1.807) is 0 Å². The van der Waals surface area contributed by atoms with Crippen LogP contribution < -0.4 is 4.74 Å². The van der Waals surface area contributed by atoms with Crippen LogP contribution in [0.25, 0.3) is 11.0 Å². The van der Waals surface area contributed by atoms with Crippen LogP contribution in [0.5, 0.6) is 5.75 Å². The molecular weight excluding hydrogens is 286 g/mol. The molecule has 0 saturated heterocycles. The number of ether oxygens (including phenoxy) is 1. The van der Waals surface area contributed by atoms with Gasteiger partial charge in [0.15, 0.2) is 0 Å². The van der Waals surface area contributed by atoms with Gasteiger partial charge in [-0.15, -0.1) is 11.6 Å². The minimum atomic E-state index is 0.424. The maximum Gasteiger partial charge on any atom is 0.147 e.